The number of rotatable bonds is 0. The largest absolute Gasteiger partial charge is 0.238 e. The molecule has 0 spiro atoms. The zero-order valence-corrected chi connectivity index (χ0v) is 7.10. The predicted octanol–water partition coefficient (Wildman–Crippen LogP) is 3.16. The van der Waals surface area contributed by atoms with Crippen LogP contribution in [0.4, 0.5) is 5.69 Å². The van der Waals surface area contributed by atoms with Gasteiger partial charge in [-0.15, -0.1) is 0 Å². The van der Waals surface area contributed by atoms with Crippen molar-refractivity contribution in [1.29, 1.82) is 0 Å². The second-order valence-electron chi connectivity index (χ2n) is 2.86. The molecule has 0 aliphatic heterocycles. The van der Waals surface area contributed by atoms with Crippen molar-refractivity contribution in [3.05, 3.63) is 40.2 Å². The van der Waals surface area contributed by atoms with E-state index in [0.717, 1.165) is 16.8 Å². The highest BCUT2D eigenvalue weighted by Gasteiger charge is 2.01. The molecule has 0 saturated heterocycles. The minimum Gasteiger partial charge on any atom is -0.238 e. The van der Waals surface area contributed by atoms with Crippen LogP contribution in [0.25, 0.3) is 4.85 Å². The van der Waals surface area contributed by atoms with Crippen molar-refractivity contribution >= 4 is 5.69 Å². The van der Waals surface area contributed by atoms with E-state index in [2.05, 4.69) is 4.85 Å². The Labute approximate surface area is 67.5 Å². The number of nitrogens with zero attached hydrogens (tertiary/aromatic N) is 1. The van der Waals surface area contributed by atoms with E-state index in [0.29, 0.717) is 0 Å². The van der Waals surface area contributed by atoms with Gasteiger partial charge < -0.3 is 0 Å². The van der Waals surface area contributed by atoms with Gasteiger partial charge in [-0.3, -0.25) is 0 Å². The molecular formula is C10H11N. The van der Waals surface area contributed by atoms with Gasteiger partial charge in [-0.05, 0) is 31.9 Å². The Morgan fingerprint density at radius 2 is 1.55 bits per heavy atom. The summed E-state index contributed by atoms with van der Waals surface area (Å²) in [7, 11) is 0. The molecule has 1 nitrogen and oxygen atoms in total. The molecule has 0 radical (unpaired) electrons. The van der Waals surface area contributed by atoms with Gasteiger partial charge in [0.1, 0.15) is 0 Å². The highest BCUT2D eigenvalue weighted by molar-refractivity contribution is 5.58. The summed E-state index contributed by atoms with van der Waals surface area (Å²) in [6.07, 6.45) is 0. The van der Waals surface area contributed by atoms with Gasteiger partial charge in [-0.1, -0.05) is 17.7 Å². The van der Waals surface area contributed by atoms with Crippen molar-refractivity contribution in [2.45, 2.75) is 20.8 Å². The lowest BCUT2D eigenvalue weighted by Gasteiger charge is -2.02. The first-order valence-electron chi connectivity index (χ1n) is 3.60. The van der Waals surface area contributed by atoms with Gasteiger partial charge in [0.15, 0.2) is 5.69 Å². The van der Waals surface area contributed by atoms with Crippen LogP contribution in [0.2, 0.25) is 0 Å². The molecule has 0 bridgehead atoms. The molecule has 0 aliphatic rings. The Morgan fingerprint density at radius 3 is 1.91 bits per heavy atom. The van der Waals surface area contributed by atoms with Gasteiger partial charge in [-0.2, -0.15) is 0 Å². The molecule has 0 aliphatic carbocycles. The molecule has 0 atom stereocenters. The van der Waals surface area contributed by atoms with Crippen molar-refractivity contribution in [3.8, 4) is 0 Å². The van der Waals surface area contributed by atoms with E-state index in [1.165, 1.54) is 5.56 Å². The van der Waals surface area contributed by atoms with E-state index >= 15 is 0 Å². The van der Waals surface area contributed by atoms with Gasteiger partial charge >= 0.3 is 0 Å². The van der Waals surface area contributed by atoms with E-state index in [9.17, 15) is 0 Å². The van der Waals surface area contributed by atoms with Gasteiger partial charge in [0.2, 0.25) is 0 Å². The van der Waals surface area contributed by atoms with Crippen molar-refractivity contribution in [2.24, 2.45) is 0 Å². The SMILES string of the molecule is Cc1cc(C)c([N+]#[11C-])c(C)c1. The Balaban J connectivity index is 3.40. The van der Waals surface area contributed by atoms with Crippen LogP contribution >= 0.6 is 0 Å². The van der Waals surface area contributed by atoms with E-state index in [1.807, 2.05) is 32.9 Å². The average Bonchev–Trinajstić information content (AvgIpc) is 1.85. The summed E-state index contributed by atoms with van der Waals surface area (Å²) in [5, 5.41) is 0. The minimum atomic E-state index is 0.801. The molecule has 1 rings (SSSR count). The molecule has 56 valence electrons. The fourth-order valence-corrected chi connectivity index (χ4v) is 1.35. The highest BCUT2D eigenvalue weighted by atomic mass is 14.6. The van der Waals surface area contributed by atoms with Crippen molar-refractivity contribution in [1.82, 2.24) is 0 Å². The molecule has 0 N–H and O–H groups in total. The zero-order valence-electron chi connectivity index (χ0n) is 7.10. The van der Waals surface area contributed by atoms with Crippen LogP contribution in [-0.2, 0) is 0 Å². The second-order valence-corrected chi connectivity index (χ2v) is 2.86. The number of hydrogen-bond acceptors (Lipinski definition) is 0. The molecule has 11 heavy (non-hydrogen) atoms. The van der Waals surface area contributed by atoms with Crippen LogP contribution in [-0.4, -0.2) is 0 Å². The zero-order chi connectivity index (χ0) is 8.43. The van der Waals surface area contributed by atoms with Crippen molar-refractivity contribution in [3.63, 3.8) is 0 Å². The summed E-state index contributed by atoms with van der Waals surface area (Å²) in [4.78, 5) is 3.46. The molecule has 0 unspecified atom stereocenters. The Bertz CT molecular complexity index is 295. The maximum absolute atomic E-state index is 6.92. The van der Waals surface area contributed by atoms with Crippen LogP contribution in [0.15, 0.2) is 12.1 Å². The standard InChI is InChI=1S/C10H11N/c1-7-5-8(2)10(11-4)9(3)6-7/h5-6H,1-3H3/i4-1. The summed E-state index contributed by atoms with van der Waals surface area (Å²) in [6.45, 7) is 12.9. The molecule has 1 heteroatoms. The molecule has 0 saturated carbocycles. The fourth-order valence-electron chi connectivity index (χ4n) is 1.35. The molecule has 0 fully saturated rings. The first-order chi connectivity index (χ1) is 5.15. The summed E-state index contributed by atoms with van der Waals surface area (Å²) in [5.41, 5.74) is 4.19. The first kappa shape index (κ1) is 7.81. The average molecular weight is 144 g/mol. The Hall–Kier alpha value is -1.29. The quantitative estimate of drug-likeness (QED) is 0.492. The second kappa shape index (κ2) is 2.75. The number of benzene rings is 1. The fraction of sp³-hybridized carbons (Fsp3) is 0.300. The summed E-state index contributed by atoms with van der Waals surface area (Å²) < 4.78 is 0. The lowest BCUT2D eigenvalue weighted by Crippen LogP contribution is -1.81. The van der Waals surface area contributed by atoms with Gasteiger partial charge in [0.25, 0.3) is 0 Å². The summed E-state index contributed by atoms with van der Waals surface area (Å²) in [5.74, 6) is 0. The smallest absolute Gasteiger partial charge is 0.193 e. The predicted molar refractivity (Wildman–Crippen MR) is 46.9 cm³/mol. The van der Waals surface area contributed by atoms with Crippen molar-refractivity contribution in [2.75, 3.05) is 0 Å². The minimum absolute atomic E-state index is 0.801. The lowest BCUT2D eigenvalue weighted by atomic mass is 10.1. The maximum Gasteiger partial charge on any atom is 0.193 e. The van der Waals surface area contributed by atoms with Crippen LogP contribution < -0.4 is 0 Å². The molecule has 1 aromatic rings. The third-order valence-corrected chi connectivity index (χ3v) is 1.75. The van der Waals surface area contributed by atoms with E-state index in [4.69, 9.17) is 6.57 Å². The summed E-state index contributed by atoms with van der Waals surface area (Å²) >= 11 is 0. The molecule has 1 aromatic carbocycles. The van der Waals surface area contributed by atoms with E-state index < -0.39 is 0 Å². The van der Waals surface area contributed by atoms with Gasteiger partial charge in [0.05, 0.1) is 6.57 Å². The van der Waals surface area contributed by atoms with Crippen LogP contribution in [0.3, 0.4) is 0 Å². The summed E-state index contributed by atoms with van der Waals surface area (Å²) in [6, 6.07) is 4.08. The molecule has 0 amide bonds. The first-order valence-corrected chi connectivity index (χ1v) is 3.60. The highest BCUT2D eigenvalue weighted by Crippen LogP contribution is 2.24. The van der Waals surface area contributed by atoms with Gasteiger partial charge in [-0.25, -0.2) is 4.85 Å². The molecule has 0 aromatic heterocycles. The van der Waals surface area contributed by atoms with Crippen LogP contribution in [0.1, 0.15) is 16.7 Å². The van der Waals surface area contributed by atoms with E-state index in [1.54, 1.807) is 0 Å². The monoisotopic (exact) mass is 144 g/mol. The topological polar surface area (TPSA) is 4.36 Å². The third-order valence-electron chi connectivity index (χ3n) is 1.75. The van der Waals surface area contributed by atoms with Gasteiger partial charge in [0, 0.05) is 0 Å². The van der Waals surface area contributed by atoms with E-state index in [-0.39, 0.29) is 0 Å². The Morgan fingerprint density at radius 1 is 1.09 bits per heavy atom. The maximum atomic E-state index is 6.92. The lowest BCUT2D eigenvalue weighted by molar-refractivity contribution is 1.34. The van der Waals surface area contributed by atoms with Crippen LogP contribution in [0, 0.1) is 27.3 Å². The normalized spacial score (nSPS) is 9.27. The molecular weight excluding hydrogens is 133 g/mol. The molecule has 0 heterocycles. The van der Waals surface area contributed by atoms with Crippen molar-refractivity contribution < 1.29 is 0 Å². The number of aryl methyl sites for hydroxylation is 3. The Kier molecular flexibility index (Phi) is 1.96. The number of hydrogen-bond donors (Lipinski definition) is 0. The third kappa shape index (κ3) is 1.40. The van der Waals surface area contributed by atoms with Crippen LogP contribution in [0.5, 0.6) is 0 Å².